The highest BCUT2D eigenvalue weighted by Gasteiger charge is 2.34. The number of aryl methyl sites for hydroxylation is 1. The molecule has 0 fully saturated rings. The first-order chi connectivity index (χ1) is 12.4. The molecule has 0 unspecified atom stereocenters. The van der Waals surface area contributed by atoms with Gasteiger partial charge in [0.1, 0.15) is 5.60 Å². The fraction of sp³-hybridized carbons (Fsp3) is 0.143. The van der Waals surface area contributed by atoms with Gasteiger partial charge in [-0.1, -0.05) is 59.6 Å². The Labute approximate surface area is 165 Å². The Balaban J connectivity index is 2.04. The first-order valence-electron chi connectivity index (χ1n) is 8.08. The number of hydrogen-bond donors (Lipinski definition) is 1. The molecule has 2 nitrogen and oxygen atoms in total. The molecule has 134 valence electrons. The summed E-state index contributed by atoms with van der Waals surface area (Å²) in [6, 6.07) is 21.4. The van der Waals surface area contributed by atoms with Crippen LogP contribution in [0, 0.1) is 6.92 Å². The standard InChI is InChI=1S/C21H18Cl2O2S/c1-15-3-2-4-20(13-15)26(25)14-21(24,16-5-9-18(22)10-6-16)17-7-11-19(23)12-8-17/h2-13,24H,14H2,1H3/t26-/m0/s1. The molecular formula is C21H18Cl2O2S. The maximum atomic E-state index is 13.0. The normalized spacial score (nSPS) is 12.8. The van der Waals surface area contributed by atoms with Gasteiger partial charge in [0.05, 0.1) is 16.6 Å². The zero-order chi connectivity index (χ0) is 18.7. The maximum Gasteiger partial charge on any atom is 0.126 e. The minimum absolute atomic E-state index is 0.0275. The zero-order valence-corrected chi connectivity index (χ0v) is 16.5. The van der Waals surface area contributed by atoms with Gasteiger partial charge in [-0.15, -0.1) is 0 Å². The molecule has 1 N–H and O–H groups in total. The van der Waals surface area contributed by atoms with E-state index in [9.17, 15) is 9.32 Å². The average Bonchev–Trinajstić information content (AvgIpc) is 2.62. The van der Waals surface area contributed by atoms with E-state index in [1.807, 2.05) is 31.2 Å². The van der Waals surface area contributed by atoms with Gasteiger partial charge in [0.25, 0.3) is 0 Å². The molecule has 1 atom stereocenters. The van der Waals surface area contributed by atoms with Crippen molar-refractivity contribution in [2.75, 3.05) is 5.75 Å². The van der Waals surface area contributed by atoms with Crippen molar-refractivity contribution in [1.82, 2.24) is 0 Å². The van der Waals surface area contributed by atoms with Crippen molar-refractivity contribution in [3.05, 3.63) is 99.5 Å². The van der Waals surface area contributed by atoms with Gasteiger partial charge in [-0.05, 0) is 60.0 Å². The van der Waals surface area contributed by atoms with Gasteiger partial charge >= 0.3 is 0 Å². The van der Waals surface area contributed by atoms with Crippen molar-refractivity contribution < 1.29 is 9.32 Å². The van der Waals surface area contributed by atoms with Crippen LogP contribution in [0.4, 0.5) is 0 Å². The quantitative estimate of drug-likeness (QED) is 0.622. The zero-order valence-electron chi connectivity index (χ0n) is 14.2. The van der Waals surface area contributed by atoms with Crippen LogP contribution in [-0.2, 0) is 16.4 Å². The second-order valence-corrected chi connectivity index (χ2v) is 8.50. The summed E-state index contributed by atoms with van der Waals surface area (Å²) < 4.78 is 13.0. The molecule has 26 heavy (non-hydrogen) atoms. The van der Waals surface area contributed by atoms with E-state index in [-0.39, 0.29) is 5.75 Å². The van der Waals surface area contributed by atoms with Gasteiger partial charge in [0, 0.05) is 14.9 Å². The van der Waals surface area contributed by atoms with Crippen LogP contribution in [0.25, 0.3) is 0 Å². The minimum Gasteiger partial charge on any atom is -0.379 e. The predicted octanol–water partition coefficient (Wildman–Crippen LogP) is 5.35. The third kappa shape index (κ3) is 4.18. The Morgan fingerprint density at radius 3 is 1.85 bits per heavy atom. The molecule has 0 aromatic heterocycles. The highest BCUT2D eigenvalue weighted by molar-refractivity contribution is 7.85. The van der Waals surface area contributed by atoms with E-state index < -0.39 is 16.4 Å². The molecule has 0 heterocycles. The van der Waals surface area contributed by atoms with Gasteiger partial charge in [-0.2, -0.15) is 0 Å². The molecule has 0 radical (unpaired) electrons. The molecule has 3 rings (SSSR count). The number of aliphatic hydroxyl groups is 1. The van der Waals surface area contributed by atoms with Gasteiger partial charge in [0.2, 0.25) is 0 Å². The summed E-state index contributed by atoms with van der Waals surface area (Å²) in [5.74, 6) is 0.0275. The predicted molar refractivity (Wildman–Crippen MR) is 108 cm³/mol. The van der Waals surface area contributed by atoms with E-state index in [4.69, 9.17) is 23.2 Å². The Bertz CT molecular complexity index is 876. The fourth-order valence-electron chi connectivity index (χ4n) is 2.81. The molecule has 3 aromatic rings. The third-order valence-electron chi connectivity index (χ3n) is 4.24. The van der Waals surface area contributed by atoms with Gasteiger partial charge in [-0.3, -0.25) is 4.21 Å². The van der Waals surface area contributed by atoms with Crippen LogP contribution in [0.2, 0.25) is 10.0 Å². The lowest BCUT2D eigenvalue weighted by atomic mass is 9.88. The summed E-state index contributed by atoms with van der Waals surface area (Å²) in [7, 11) is -1.39. The van der Waals surface area contributed by atoms with E-state index in [1.54, 1.807) is 48.5 Å². The monoisotopic (exact) mass is 404 g/mol. The second kappa shape index (κ2) is 7.93. The molecule has 3 aromatic carbocycles. The molecular weight excluding hydrogens is 387 g/mol. The number of hydrogen-bond acceptors (Lipinski definition) is 2. The van der Waals surface area contributed by atoms with Crippen LogP contribution in [0.15, 0.2) is 77.7 Å². The third-order valence-corrected chi connectivity index (χ3v) is 6.20. The Morgan fingerprint density at radius 1 is 0.885 bits per heavy atom. The van der Waals surface area contributed by atoms with Gasteiger partial charge < -0.3 is 5.11 Å². The molecule has 0 saturated heterocycles. The van der Waals surface area contributed by atoms with Gasteiger partial charge in [-0.25, -0.2) is 0 Å². The van der Waals surface area contributed by atoms with Crippen molar-refractivity contribution in [3.8, 4) is 0 Å². The van der Waals surface area contributed by atoms with E-state index in [1.165, 1.54) is 0 Å². The van der Waals surface area contributed by atoms with Gasteiger partial charge in [0.15, 0.2) is 0 Å². The smallest absolute Gasteiger partial charge is 0.126 e. The lowest BCUT2D eigenvalue weighted by Crippen LogP contribution is -2.34. The first kappa shape index (κ1) is 19.1. The Morgan fingerprint density at radius 2 is 1.38 bits per heavy atom. The SMILES string of the molecule is Cc1cccc([S@@](=O)CC(O)(c2ccc(Cl)cc2)c2ccc(Cl)cc2)c1. The maximum absolute atomic E-state index is 13.0. The fourth-order valence-corrected chi connectivity index (χ4v) is 4.49. The van der Waals surface area contributed by atoms with Crippen molar-refractivity contribution >= 4 is 34.0 Å². The van der Waals surface area contributed by atoms with Crippen molar-refractivity contribution in [1.29, 1.82) is 0 Å². The summed E-state index contributed by atoms with van der Waals surface area (Å²) in [5.41, 5.74) is 0.858. The molecule has 0 aliphatic heterocycles. The number of benzene rings is 3. The largest absolute Gasteiger partial charge is 0.379 e. The molecule has 5 heteroatoms. The van der Waals surface area contributed by atoms with Crippen LogP contribution in [-0.4, -0.2) is 15.1 Å². The van der Waals surface area contributed by atoms with Crippen LogP contribution in [0.1, 0.15) is 16.7 Å². The molecule has 0 spiro atoms. The van der Waals surface area contributed by atoms with E-state index >= 15 is 0 Å². The van der Waals surface area contributed by atoms with E-state index in [2.05, 4.69) is 0 Å². The second-order valence-electron chi connectivity index (χ2n) is 6.18. The summed E-state index contributed by atoms with van der Waals surface area (Å²) in [4.78, 5) is 0.686. The molecule has 0 aliphatic rings. The van der Waals surface area contributed by atoms with Crippen molar-refractivity contribution in [2.45, 2.75) is 17.4 Å². The topological polar surface area (TPSA) is 37.3 Å². The summed E-state index contributed by atoms with van der Waals surface area (Å²) in [5, 5.41) is 12.7. The summed E-state index contributed by atoms with van der Waals surface area (Å²) in [6.45, 7) is 1.95. The lowest BCUT2D eigenvalue weighted by molar-refractivity contribution is 0.106. The first-order valence-corrected chi connectivity index (χ1v) is 10.2. The molecule has 0 amide bonds. The lowest BCUT2D eigenvalue weighted by Gasteiger charge is -2.29. The molecule has 0 aliphatic carbocycles. The molecule has 0 bridgehead atoms. The van der Waals surface area contributed by atoms with Crippen LogP contribution in [0.5, 0.6) is 0 Å². The highest BCUT2D eigenvalue weighted by Crippen LogP contribution is 2.33. The molecule has 0 saturated carbocycles. The van der Waals surface area contributed by atoms with Crippen molar-refractivity contribution in [2.24, 2.45) is 0 Å². The summed E-state index contributed by atoms with van der Waals surface area (Å²) in [6.07, 6.45) is 0. The Kier molecular flexibility index (Phi) is 5.83. The Hall–Kier alpha value is -1.65. The van der Waals surface area contributed by atoms with E-state index in [0.717, 1.165) is 5.56 Å². The summed E-state index contributed by atoms with van der Waals surface area (Å²) >= 11 is 12.0. The van der Waals surface area contributed by atoms with Crippen molar-refractivity contribution in [3.63, 3.8) is 0 Å². The number of halogens is 2. The van der Waals surface area contributed by atoms with Crippen LogP contribution >= 0.6 is 23.2 Å². The van der Waals surface area contributed by atoms with E-state index in [0.29, 0.717) is 26.1 Å². The number of rotatable bonds is 5. The van der Waals surface area contributed by atoms with Crippen LogP contribution < -0.4 is 0 Å². The minimum atomic E-state index is -1.43. The average molecular weight is 405 g/mol. The highest BCUT2D eigenvalue weighted by atomic mass is 35.5. The van der Waals surface area contributed by atoms with Crippen LogP contribution in [0.3, 0.4) is 0 Å².